The molecule has 130 valence electrons. The number of halogens is 1. The van der Waals surface area contributed by atoms with Gasteiger partial charge in [-0.15, -0.1) is 0 Å². The Morgan fingerprint density at radius 1 is 1.21 bits per heavy atom. The first-order chi connectivity index (χ1) is 11.6. The number of para-hydroxylation sites is 1. The lowest BCUT2D eigenvalue weighted by Crippen LogP contribution is -2.48. The maximum atomic E-state index is 9.34. The number of benzene rings is 1. The molecule has 1 aromatic carbocycles. The fourth-order valence-electron chi connectivity index (χ4n) is 4.06. The lowest BCUT2D eigenvalue weighted by molar-refractivity contribution is -0.0720. The van der Waals surface area contributed by atoms with Gasteiger partial charge in [0.25, 0.3) is 0 Å². The number of hydrogen-bond acceptors (Lipinski definition) is 4. The molecule has 5 heteroatoms. The van der Waals surface area contributed by atoms with E-state index in [0.717, 1.165) is 51.3 Å². The molecule has 0 spiro atoms. The zero-order valence-electron chi connectivity index (χ0n) is 14.5. The third-order valence-corrected chi connectivity index (χ3v) is 5.35. The molecule has 0 aliphatic carbocycles. The molecule has 2 aliphatic heterocycles. The van der Waals surface area contributed by atoms with E-state index in [0.29, 0.717) is 28.7 Å². The Morgan fingerprint density at radius 3 is 2.50 bits per heavy atom. The molecule has 2 fully saturated rings. The molecule has 0 saturated carbocycles. The van der Waals surface area contributed by atoms with Gasteiger partial charge in [0.1, 0.15) is 6.07 Å². The number of piperidine rings is 1. The first kappa shape index (κ1) is 17.5. The number of hydrogen-bond donors (Lipinski definition) is 0. The van der Waals surface area contributed by atoms with Crippen LogP contribution < -0.4 is 4.90 Å². The maximum absolute atomic E-state index is 9.34. The molecular weight excluding hydrogens is 322 g/mol. The van der Waals surface area contributed by atoms with Gasteiger partial charge in [0, 0.05) is 32.7 Å². The molecule has 1 aromatic rings. The van der Waals surface area contributed by atoms with Crippen LogP contribution in [0.5, 0.6) is 0 Å². The lowest BCUT2D eigenvalue weighted by atomic mass is 9.94. The van der Waals surface area contributed by atoms with Crippen LogP contribution in [0, 0.1) is 17.2 Å². The predicted molar refractivity (Wildman–Crippen MR) is 97.6 cm³/mol. The summed E-state index contributed by atoms with van der Waals surface area (Å²) in [7, 11) is 0. The highest BCUT2D eigenvalue weighted by molar-refractivity contribution is 6.33. The lowest BCUT2D eigenvalue weighted by Gasteiger charge is -2.40. The predicted octanol–water partition coefficient (Wildman–Crippen LogP) is 3.54. The van der Waals surface area contributed by atoms with Gasteiger partial charge in [0.05, 0.1) is 28.5 Å². The van der Waals surface area contributed by atoms with Crippen molar-refractivity contribution in [2.24, 2.45) is 5.92 Å². The molecule has 2 heterocycles. The molecule has 2 saturated heterocycles. The maximum Gasteiger partial charge on any atom is 0.101 e. The van der Waals surface area contributed by atoms with Gasteiger partial charge in [-0.05, 0) is 44.7 Å². The van der Waals surface area contributed by atoms with E-state index >= 15 is 0 Å². The number of rotatable bonds is 3. The summed E-state index contributed by atoms with van der Waals surface area (Å²) in [5.41, 5.74) is 1.59. The van der Waals surface area contributed by atoms with Crippen molar-refractivity contribution in [2.75, 3.05) is 37.6 Å². The third kappa shape index (κ3) is 4.03. The second-order valence-corrected chi connectivity index (χ2v) is 7.56. The minimum absolute atomic E-state index is 0.329. The summed E-state index contributed by atoms with van der Waals surface area (Å²) in [5.74, 6) is 0.715. The second-order valence-electron chi connectivity index (χ2n) is 7.15. The zero-order chi connectivity index (χ0) is 17.1. The van der Waals surface area contributed by atoms with Gasteiger partial charge >= 0.3 is 0 Å². The van der Waals surface area contributed by atoms with Crippen molar-refractivity contribution < 1.29 is 4.74 Å². The summed E-state index contributed by atoms with van der Waals surface area (Å²) in [5, 5.41) is 10.0. The highest BCUT2D eigenvalue weighted by Crippen LogP contribution is 2.33. The Kier molecular flexibility index (Phi) is 5.65. The van der Waals surface area contributed by atoms with E-state index in [4.69, 9.17) is 16.3 Å². The topological polar surface area (TPSA) is 39.5 Å². The summed E-state index contributed by atoms with van der Waals surface area (Å²) in [6.45, 7) is 9.48. The summed E-state index contributed by atoms with van der Waals surface area (Å²) >= 11 is 6.35. The van der Waals surface area contributed by atoms with E-state index in [9.17, 15) is 5.26 Å². The third-order valence-electron chi connectivity index (χ3n) is 5.05. The minimum Gasteiger partial charge on any atom is -0.373 e. The Hall–Kier alpha value is -1.28. The fourth-order valence-corrected chi connectivity index (χ4v) is 4.36. The van der Waals surface area contributed by atoms with Crippen LogP contribution in [0.25, 0.3) is 0 Å². The van der Waals surface area contributed by atoms with E-state index in [-0.39, 0.29) is 0 Å². The molecule has 4 nitrogen and oxygen atoms in total. The number of nitriles is 1. The molecule has 0 amide bonds. The monoisotopic (exact) mass is 347 g/mol. The van der Waals surface area contributed by atoms with Crippen molar-refractivity contribution in [3.8, 4) is 6.07 Å². The van der Waals surface area contributed by atoms with Crippen LogP contribution >= 0.6 is 11.6 Å². The largest absolute Gasteiger partial charge is 0.373 e. The van der Waals surface area contributed by atoms with Crippen molar-refractivity contribution in [2.45, 2.75) is 38.9 Å². The smallest absolute Gasteiger partial charge is 0.101 e. The number of morpholine rings is 1. The van der Waals surface area contributed by atoms with Gasteiger partial charge < -0.3 is 9.64 Å². The van der Waals surface area contributed by atoms with E-state index < -0.39 is 0 Å². The van der Waals surface area contributed by atoms with Crippen LogP contribution in [0.4, 0.5) is 5.69 Å². The van der Waals surface area contributed by atoms with Crippen molar-refractivity contribution in [3.05, 3.63) is 28.8 Å². The Balaban J connectivity index is 1.58. The van der Waals surface area contributed by atoms with Crippen LogP contribution in [-0.2, 0) is 4.74 Å². The molecule has 2 unspecified atom stereocenters. The van der Waals surface area contributed by atoms with Gasteiger partial charge in [-0.2, -0.15) is 5.26 Å². The number of anilines is 1. The highest BCUT2D eigenvalue weighted by Gasteiger charge is 2.27. The van der Waals surface area contributed by atoms with Gasteiger partial charge in [0.2, 0.25) is 0 Å². The molecule has 0 N–H and O–H groups in total. The van der Waals surface area contributed by atoms with Crippen LogP contribution in [-0.4, -0.2) is 49.8 Å². The average Bonchev–Trinajstić information content (AvgIpc) is 2.54. The Morgan fingerprint density at radius 2 is 1.88 bits per heavy atom. The summed E-state index contributed by atoms with van der Waals surface area (Å²) < 4.78 is 5.82. The number of nitrogens with zero attached hydrogens (tertiary/aromatic N) is 3. The Bertz CT molecular complexity index is 597. The first-order valence-electron chi connectivity index (χ1n) is 8.88. The quantitative estimate of drug-likeness (QED) is 0.838. The number of ether oxygens (including phenoxy) is 1. The molecule has 24 heavy (non-hydrogen) atoms. The zero-order valence-corrected chi connectivity index (χ0v) is 15.3. The van der Waals surface area contributed by atoms with Gasteiger partial charge in [-0.1, -0.05) is 17.7 Å². The van der Waals surface area contributed by atoms with Crippen molar-refractivity contribution in [1.29, 1.82) is 5.26 Å². The van der Waals surface area contributed by atoms with E-state index in [1.807, 2.05) is 18.2 Å². The Labute approximate surface area is 149 Å². The van der Waals surface area contributed by atoms with Crippen molar-refractivity contribution >= 4 is 17.3 Å². The average molecular weight is 348 g/mol. The molecule has 3 rings (SSSR count). The van der Waals surface area contributed by atoms with Crippen LogP contribution in [0.3, 0.4) is 0 Å². The van der Waals surface area contributed by atoms with Crippen molar-refractivity contribution in [3.63, 3.8) is 0 Å². The molecular formula is C19H26ClN3O. The minimum atomic E-state index is 0.329. The summed E-state index contributed by atoms with van der Waals surface area (Å²) in [6, 6.07) is 7.84. The fraction of sp³-hybridized carbons (Fsp3) is 0.632. The van der Waals surface area contributed by atoms with Gasteiger partial charge in [0.15, 0.2) is 0 Å². The summed E-state index contributed by atoms with van der Waals surface area (Å²) in [4.78, 5) is 4.83. The molecule has 2 atom stereocenters. The SMILES string of the molecule is CC1CN(CC2CCN(c3c(Cl)cccc3C#N)CC2)CC(C)O1. The van der Waals surface area contributed by atoms with Crippen LogP contribution in [0.2, 0.25) is 5.02 Å². The molecule has 0 bridgehead atoms. The van der Waals surface area contributed by atoms with Crippen LogP contribution in [0.1, 0.15) is 32.3 Å². The van der Waals surface area contributed by atoms with E-state index in [2.05, 4.69) is 29.7 Å². The standard InChI is InChI=1S/C19H26ClN3O/c1-14-11-22(12-15(2)24-14)13-16-6-8-23(9-7-16)19-17(10-21)4-3-5-18(19)20/h3-5,14-16H,6-9,11-13H2,1-2H3. The normalized spacial score (nSPS) is 26.3. The van der Waals surface area contributed by atoms with Gasteiger partial charge in [-0.3, -0.25) is 4.90 Å². The first-order valence-corrected chi connectivity index (χ1v) is 9.26. The van der Waals surface area contributed by atoms with Crippen LogP contribution in [0.15, 0.2) is 18.2 Å². The van der Waals surface area contributed by atoms with E-state index in [1.165, 1.54) is 0 Å². The van der Waals surface area contributed by atoms with Gasteiger partial charge in [-0.25, -0.2) is 0 Å². The molecule has 2 aliphatic rings. The van der Waals surface area contributed by atoms with E-state index in [1.54, 1.807) is 0 Å². The summed E-state index contributed by atoms with van der Waals surface area (Å²) in [6.07, 6.45) is 2.96. The molecule has 0 radical (unpaired) electrons. The molecule has 0 aromatic heterocycles. The highest BCUT2D eigenvalue weighted by atomic mass is 35.5. The second kappa shape index (κ2) is 7.74. The van der Waals surface area contributed by atoms with Crippen molar-refractivity contribution in [1.82, 2.24) is 4.90 Å².